The molecule has 2 rings (SSSR count). The first-order valence-corrected chi connectivity index (χ1v) is 13.2. The molecule has 8 heteroatoms. The summed E-state index contributed by atoms with van der Waals surface area (Å²) in [5.41, 5.74) is 0.998. The monoisotopic (exact) mass is 535 g/mol. The molecule has 0 fully saturated rings. The molecule has 0 aromatic heterocycles. The Morgan fingerprint density at radius 2 is 1.42 bits per heavy atom. The number of halogens is 3. The Morgan fingerprint density at radius 1 is 0.816 bits per heavy atom. The van der Waals surface area contributed by atoms with Crippen LogP contribution in [0.3, 0.4) is 0 Å². The molecule has 0 heterocycles. The molecule has 0 aliphatic rings. The average molecular weight is 536 g/mol. The Hall–Kier alpha value is -3.16. The molecule has 2 aromatic carbocycles. The Morgan fingerprint density at radius 3 is 2.00 bits per heavy atom. The van der Waals surface area contributed by atoms with Crippen molar-refractivity contribution in [3.63, 3.8) is 0 Å². The van der Waals surface area contributed by atoms with E-state index in [1.807, 2.05) is 45.1 Å². The number of oxime groups is 1. The second-order valence-corrected chi connectivity index (χ2v) is 9.09. The average Bonchev–Trinajstić information content (AvgIpc) is 2.86. The Labute approximate surface area is 224 Å². The van der Waals surface area contributed by atoms with Crippen LogP contribution in [0.25, 0.3) is 0 Å². The molecular formula is C30H40F3NO4. The maximum absolute atomic E-state index is 13.1. The standard InChI is InChI=1S/C30H40F3NO4/c1-5-6-17-37-27-20-23(2)28(24(3)21-27)38-19-13-11-9-7-8-10-12-18-36-26-16-14-15-25(22-26)29(34-35-4)30(31,32)33/h5-6,14-16,20-22H,7-13,17-19H2,1-4H3/b6-5+,34-29-. The van der Waals surface area contributed by atoms with Gasteiger partial charge in [-0.15, -0.1) is 0 Å². The summed E-state index contributed by atoms with van der Waals surface area (Å²) in [7, 11) is 1.09. The Balaban J connectivity index is 1.58. The summed E-state index contributed by atoms with van der Waals surface area (Å²) in [6, 6.07) is 9.86. The van der Waals surface area contributed by atoms with E-state index in [2.05, 4.69) is 9.99 Å². The molecule has 210 valence electrons. The maximum Gasteiger partial charge on any atom is 0.437 e. The highest BCUT2D eigenvalue weighted by molar-refractivity contribution is 6.04. The van der Waals surface area contributed by atoms with Gasteiger partial charge >= 0.3 is 6.18 Å². The molecule has 0 radical (unpaired) electrons. The lowest BCUT2D eigenvalue weighted by Crippen LogP contribution is -2.24. The van der Waals surface area contributed by atoms with Crippen LogP contribution >= 0.6 is 0 Å². The third-order valence-corrected chi connectivity index (χ3v) is 5.88. The second kappa shape index (κ2) is 16.6. The summed E-state index contributed by atoms with van der Waals surface area (Å²) < 4.78 is 56.9. The van der Waals surface area contributed by atoms with Crippen LogP contribution in [-0.2, 0) is 4.84 Å². The van der Waals surface area contributed by atoms with E-state index >= 15 is 0 Å². The van der Waals surface area contributed by atoms with E-state index in [9.17, 15) is 13.2 Å². The molecule has 0 aliphatic heterocycles. The predicted octanol–water partition coefficient (Wildman–Crippen LogP) is 8.36. The summed E-state index contributed by atoms with van der Waals surface area (Å²) in [6.45, 7) is 7.77. The van der Waals surface area contributed by atoms with Gasteiger partial charge in [-0.3, -0.25) is 0 Å². The first-order chi connectivity index (χ1) is 18.3. The Bertz CT molecular complexity index is 1010. The number of allylic oxidation sites excluding steroid dienone is 1. The molecule has 0 aliphatic carbocycles. The minimum atomic E-state index is -4.61. The van der Waals surface area contributed by atoms with Crippen molar-refractivity contribution in [2.45, 2.75) is 71.9 Å². The summed E-state index contributed by atoms with van der Waals surface area (Å²) >= 11 is 0. The topological polar surface area (TPSA) is 49.3 Å². The van der Waals surface area contributed by atoms with Crippen LogP contribution in [0.15, 0.2) is 53.7 Å². The van der Waals surface area contributed by atoms with E-state index in [1.165, 1.54) is 18.2 Å². The fourth-order valence-corrected chi connectivity index (χ4v) is 4.01. The SMILES string of the molecule is C/C=C/COc1cc(C)c(OCCCCCCCCCOc2cccc(/C(=N/OC)C(F)(F)F)c2)c(C)c1. The van der Waals surface area contributed by atoms with Crippen molar-refractivity contribution in [2.24, 2.45) is 5.16 Å². The number of benzene rings is 2. The molecule has 2 aromatic rings. The second-order valence-electron chi connectivity index (χ2n) is 9.09. The normalized spacial score (nSPS) is 12.1. The van der Waals surface area contributed by atoms with E-state index in [0.29, 0.717) is 25.6 Å². The van der Waals surface area contributed by atoms with Crippen molar-refractivity contribution >= 4 is 5.71 Å². The van der Waals surface area contributed by atoms with Gasteiger partial charge in [-0.2, -0.15) is 13.2 Å². The maximum atomic E-state index is 13.1. The molecule has 0 unspecified atom stereocenters. The molecule has 5 nitrogen and oxygen atoms in total. The smallest absolute Gasteiger partial charge is 0.437 e. The minimum Gasteiger partial charge on any atom is -0.494 e. The van der Waals surface area contributed by atoms with E-state index in [4.69, 9.17) is 14.2 Å². The first-order valence-electron chi connectivity index (χ1n) is 13.2. The fourth-order valence-electron chi connectivity index (χ4n) is 4.01. The zero-order valence-electron chi connectivity index (χ0n) is 22.9. The van der Waals surface area contributed by atoms with Gasteiger partial charge in [0.05, 0.1) is 13.2 Å². The number of unbranched alkanes of at least 4 members (excludes halogenated alkanes) is 6. The van der Waals surface area contributed by atoms with Crippen molar-refractivity contribution in [3.8, 4) is 17.2 Å². The lowest BCUT2D eigenvalue weighted by molar-refractivity contribution is -0.0608. The van der Waals surface area contributed by atoms with Gasteiger partial charge in [-0.1, -0.05) is 61.5 Å². The van der Waals surface area contributed by atoms with Gasteiger partial charge in [0.15, 0.2) is 5.71 Å². The predicted molar refractivity (Wildman–Crippen MR) is 146 cm³/mol. The molecule has 38 heavy (non-hydrogen) atoms. The van der Waals surface area contributed by atoms with Crippen LogP contribution < -0.4 is 14.2 Å². The number of hydrogen-bond acceptors (Lipinski definition) is 5. The van der Waals surface area contributed by atoms with Crippen LogP contribution in [0.2, 0.25) is 0 Å². The van der Waals surface area contributed by atoms with Crippen molar-refractivity contribution in [3.05, 3.63) is 65.2 Å². The van der Waals surface area contributed by atoms with Crippen molar-refractivity contribution < 1.29 is 32.2 Å². The van der Waals surface area contributed by atoms with Gasteiger partial charge in [0.25, 0.3) is 0 Å². The first kappa shape index (κ1) is 31.1. The zero-order chi connectivity index (χ0) is 27.8. The van der Waals surface area contributed by atoms with Gasteiger partial charge < -0.3 is 19.0 Å². The zero-order valence-corrected chi connectivity index (χ0v) is 22.9. The third kappa shape index (κ3) is 11.1. The lowest BCUT2D eigenvalue weighted by atomic mass is 10.1. The number of alkyl halides is 3. The van der Waals surface area contributed by atoms with E-state index in [1.54, 1.807) is 6.07 Å². The van der Waals surface area contributed by atoms with Crippen LogP contribution in [0.1, 0.15) is 68.6 Å². The number of rotatable bonds is 17. The molecular weight excluding hydrogens is 495 g/mol. The van der Waals surface area contributed by atoms with Crippen molar-refractivity contribution in [1.82, 2.24) is 0 Å². The highest BCUT2D eigenvalue weighted by atomic mass is 19.4. The summed E-state index contributed by atoms with van der Waals surface area (Å²) in [6.07, 6.45) is 6.67. The summed E-state index contributed by atoms with van der Waals surface area (Å²) in [4.78, 5) is 4.35. The highest BCUT2D eigenvalue weighted by Gasteiger charge is 2.38. The van der Waals surface area contributed by atoms with Crippen LogP contribution in [0.5, 0.6) is 17.2 Å². The number of hydrogen-bond donors (Lipinski definition) is 0. The largest absolute Gasteiger partial charge is 0.494 e. The number of nitrogens with zero attached hydrogens (tertiary/aromatic N) is 1. The van der Waals surface area contributed by atoms with Crippen LogP contribution in [-0.4, -0.2) is 38.8 Å². The molecule has 0 atom stereocenters. The van der Waals surface area contributed by atoms with Crippen molar-refractivity contribution in [2.75, 3.05) is 26.9 Å². The van der Waals surface area contributed by atoms with Crippen molar-refractivity contribution in [1.29, 1.82) is 0 Å². The van der Waals surface area contributed by atoms with Gasteiger partial charge in [-0.25, -0.2) is 0 Å². The molecule has 0 saturated carbocycles. The van der Waals surface area contributed by atoms with Crippen LogP contribution in [0.4, 0.5) is 13.2 Å². The molecule has 0 bridgehead atoms. The third-order valence-electron chi connectivity index (χ3n) is 5.88. The highest BCUT2D eigenvalue weighted by Crippen LogP contribution is 2.29. The van der Waals surface area contributed by atoms with Gasteiger partial charge in [0.2, 0.25) is 0 Å². The molecule has 0 amide bonds. The summed E-state index contributed by atoms with van der Waals surface area (Å²) in [5, 5.41) is 3.12. The van der Waals surface area contributed by atoms with E-state index in [0.717, 1.165) is 74.7 Å². The van der Waals surface area contributed by atoms with Gasteiger partial charge in [0, 0.05) is 5.56 Å². The molecule has 0 spiro atoms. The minimum absolute atomic E-state index is 0.0859. The number of ether oxygens (including phenoxy) is 3. The van der Waals surface area contributed by atoms with E-state index in [-0.39, 0.29) is 5.56 Å². The number of aryl methyl sites for hydroxylation is 2. The van der Waals surface area contributed by atoms with Crippen LogP contribution in [0, 0.1) is 13.8 Å². The Kier molecular flexibility index (Phi) is 13.6. The van der Waals surface area contributed by atoms with Gasteiger partial charge in [-0.05, 0) is 69.0 Å². The fraction of sp³-hybridized carbons (Fsp3) is 0.500. The summed E-state index contributed by atoms with van der Waals surface area (Å²) in [5.74, 6) is 2.18. The van der Waals surface area contributed by atoms with E-state index < -0.39 is 11.9 Å². The lowest BCUT2D eigenvalue weighted by Gasteiger charge is -2.14. The molecule has 0 saturated heterocycles. The quantitative estimate of drug-likeness (QED) is 0.0884. The molecule has 0 N–H and O–H groups in total. The van der Waals surface area contributed by atoms with Gasteiger partial charge in [0.1, 0.15) is 31.0 Å².